The molecular weight excluding hydrogens is 310 g/mol. The van der Waals surface area contributed by atoms with Crippen LogP contribution in [-0.4, -0.2) is 9.78 Å². The molecule has 1 N–H and O–H groups in total. The van der Waals surface area contributed by atoms with Gasteiger partial charge in [-0.15, -0.1) is 0 Å². The van der Waals surface area contributed by atoms with E-state index in [0.29, 0.717) is 11.6 Å². The van der Waals surface area contributed by atoms with Gasteiger partial charge in [-0.3, -0.25) is 4.79 Å². The summed E-state index contributed by atoms with van der Waals surface area (Å²) in [4.78, 5) is 11.9. The molecule has 1 aromatic heterocycles. The number of fused-ring (bicyclic) bond motifs is 1. The Kier molecular flexibility index (Phi) is 4.44. The van der Waals surface area contributed by atoms with Gasteiger partial charge in [-0.25, -0.2) is 4.68 Å². The summed E-state index contributed by atoms with van der Waals surface area (Å²) >= 11 is 6.19. The lowest BCUT2D eigenvalue weighted by Gasteiger charge is -2.28. The third-order valence-electron chi connectivity index (χ3n) is 4.56. The van der Waals surface area contributed by atoms with Crippen molar-refractivity contribution in [2.75, 3.05) is 5.32 Å². The quantitative estimate of drug-likeness (QED) is 0.923. The number of halogens is 1. The predicted molar refractivity (Wildman–Crippen MR) is 94.3 cm³/mol. The van der Waals surface area contributed by atoms with E-state index >= 15 is 0 Å². The predicted octanol–water partition coefficient (Wildman–Crippen LogP) is 4.05. The molecule has 3 rings (SSSR count). The topological polar surface area (TPSA) is 46.9 Å². The second-order valence-corrected chi connectivity index (χ2v) is 6.88. The minimum Gasteiger partial charge on any atom is -0.376 e. The largest absolute Gasteiger partial charge is 0.376 e. The van der Waals surface area contributed by atoms with E-state index in [1.165, 1.54) is 21.4 Å². The fourth-order valence-corrected chi connectivity index (χ4v) is 3.35. The Hall–Kier alpha value is -1.81. The highest BCUT2D eigenvalue weighted by Gasteiger charge is 2.22. The molecule has 0 bridgehead atoms. The van der Waals surface area contributed by atoms with Crippen LogP contribution in [0.3, 0.4) is 0 Å². The van der Waals surface area contributed by atoms with E-state index in [9.17, 15) is 4.79 Å². The molecule has 2 aromatic rings. The Bertz CT molecular complexity index is 782. The van der Waals surface area contributed by atoms with Crippen LogP contribution in [0.4, 0.5) is 5.69 Å². The molecule has 1 aliphatic rings. The minimum absolute atomic E-state index is 0.170. The van der Waals surface area contributed by atoms with Crippen molar-refractivity contribution in [3.63, 3.8) is 0 Å². The maximum Gasteiger partial charge on any atom is 0.287 e. The Morgan fingerprint density at radius 3 is 2.91 bits per heavy atom. The van der Waals surface area contributed by atoms with E-state index in [4.69, 9.17) is 11.6 Å². The van der Waals surface area contributed by atoms with Gasteiger partial charge in [-0.1, -0.05) is 43.6 Å². The second kappa shape index (κ2) is 6.36. The lowest BCUT2D eigenvalue weighted by Crippen LogP contribution is -2.23. The van der Waals surface area contributed by atoms with Gasteiger partial charge in [0.25, 0.3) is 5.56 Å². The highest BCUT2D eigenvalue weighted by atomic mass is 35.5. The lowest BCUT2D eigenvalue weighted by atomic mass is 9.85. The average Bonchev–Trinajstić information content (AvgIpc) is 2.55. The molecule has 122 valence electrons. The number of aromatic nitrogens is 2. The minimum atomic E-state index is -0.274. The standard InChI is InChI=1S/C18H22ClN3O/c1-11(2)13-8-7-12-5-4-6-15(14(12)9-13)21-16-10-20-22(3)18(23)17(16)19/h7-11,15,21H,4-6H2,1-3H3/t15-/m1/s1. The molecule has 0 amide bonds. The SMILES string of the molecule is CC(C)c1ccc2c(c1)[C@H](Nc1cnn(C)c(=O)c1Cl)CCC2. The molecule has 0 spiro atoms. The van der Waals surface area contributed by atoms with Crippen LogP contribution in [0, 0.1) is 0 Å². The first-order valence-corrected chi connectivity index (χ1v) is 8.46. The summed E-state index contributed by atoms with van der Waals surface area (Å²) in [7, 11) is 1.60. The van der Waals surface area contributed by atoms with Crippen LogP contribution in [0.15, 0.2) is 29.2 Å². The molecule has 5 heteroatoms. The van der Waals surface area contributed by atoms with Gasteiger partial charge in [-0.2, -0.15) is 5.10 Å². The van der Waals surface area contributed by atoms with Gasteiger partial charge in [0.15, 0.2) is 0 Å². The molecule has 23 heavy (non-hydrogen) atoms. The molecule has 1 aromatic carbocycles. The summed E-state index contributed by atoms with van der Waals surface area (Å²) in [5.41, 5.74) is 4.38. The molecule has 4 nitrogen and oxygen atoms in total. The third kappa shape index (κ3) is 3.13. The van der Waals surface area contributed by atoms with Crippen molar-refractivity contribution < 1.29 is 0 Å². The molecule has 0 radical (unpaired) electrons. The average molecular weight is 332 g/mol. The summed E-state index contributed by atoms with van der Waals surface area (Å²) in [6.07, 6.45) is 4.89. The summed E-state index contributed by atoms with van der Waals surface area (Å²) in [5.74, 6) is 0.497. The molecular formula is C18H22ClN3O. The van der Waals surface area contributed by atoms with Gasteiger partial charge in [0.2, 0.25) is 0 Å². The van der Waals surface area contributed by atoms with Crippen molar-refractivity contribution >= 4 is 17.3 Å². The lowest BCUT2D eigenvalue weighted by molar-refractivity contribution is 0.597. The fraction of sp³-hybridized carbons (Fsp3) is 0.444. The van der Waals surface area contributed by atoms with E-state index in [-0.39, 0.29) is 16.6 Å². The third-order valence-corrected chi connectivity index (χ3v) is 4.92. The first kappa shape index (κ1) is 16.1. The van der Waals surface area contributed by atoms with E-state index < -0.39 is 0 Å². The summed E-state index contributed by atoms with van der Waals surface area (Å²) in [6.45, 7) is 4.41. The Labute approximate surface area is 141 Å². The zero-order chi connectivity index (χ0) is 16.6. The van der Waals surface area contributed by atoms with Crippen LogP contribution >= 0.6 is 11.6 Å². The first-order chi connectivity index (χ1) is 11.0. The summed E-state index contributed by atoms with van der Waals surface area (Å²) in [5, 5.41) is 7.70. The molecule has 1 aliphatic carbocycles. The van der Waals surface area contributed by atoms with E-state index in [0.717, 1.165) is 19.3 Å². The van der Waals surface area contributed by atoms with Gasteiger partial charge in [0.1, 0.15) is 5.02 Å². The maximum atomic E-state index is 11.9. The Morgan fingerprint density at radius 1 is 1.39 bits per heavy atom. The van der Waals surface area contributed by atoms with Gasteiger partial charge in [0.05, 0.1) is 17.9 Å². The van der Waals surface area contributed by atoms with Crippen molar-refractivity contribution in [1.29, 1.82) is 0 Å². The normalized spacial score (nSPS) is 17.2. The summed E-state index contributed by atoms with van der Waals surface area (Å²) < 4.78 is 1.25. The van der Waals surface area contributed by atoms with Crippen molar-refractivity contribution in [3.05, 3.63) is 56.5 Å². The number of hydrogen-bond acceptors (Lipinski definition) is 3. The smallest absolute Gasteiger partial charge is 0.287 e. The van der Waals surface area contributed by atoms with Crippen LogP contribution in [0.25, 0.3) is 0 Å². The number of nitrogens with one attached hydrogen (secondary N) is 1. The van der Waals surface area contributed by atoms with Gasteiger partial charge in [-0.05, 0) is 41.9 Å². The highest BCUT2D eigenvalue weighted by Crippen LogP contribution is 2.35. The molecule has 1 heterocycles. The number of aryl methyl sites for hydroxylation is 2. The van der Waals surface area contributed by atoms with Crippen molar-refractivity contribution in [3.8, 4) is 0 Å². The Balaban J connectivity index is 1.96. The molecule has 0 saturated heterocycles. The highest BCUT2D eigenvalue weighted by molar-refractivity contribution is 6.32. The molecule has 0 fully saturated rings. The number of benzene rings is 1. The molecule has 0 unspecified atom stereocenters. The summed E-state index contributed by atoms with van der Waals surface area (Å²) in [6, 6.07) is 6.92. The molecule has 0 aliphatic heterocycles. The van der Waals surface area contributed by atoms with Crippen molar-refractivity contribution in [1.82, 2.24) is 9.78 Å². The van der Waals surface area contributed by atoms with Crippen LogP contribution < -0.4 is 10.9 Å². The van der Waals surface area contributed by atoms with Crippen LogP contribution in [0.1, 0.15) is 55.3 Å². The zero-order valence-corrected chi connectivity index (χ0v) is 14.5. The fourth-order valence-electron chi connectivity index (χ4n) is 3.13. The maximum absolute atomic E-state index is 11.9. The van der Waals surface area contributed by atoms with Gasteiger partial charge in [0, 0.05) is 7.05 Å². The van der Waals surface area contributed by atoms with Crippen LogP contribution in [0.2, 0.25) is 5.02 Å². The van der Waals surface area contributed by atoms with E-state index in [2.05, 4.69) is 42.5 Å². The second-order valence-electron chi connectivity index (χ2n) is 6.50. The molecule has 1 atom stereocenters. The van der Waals surface area contributed by atoms with E-state index in [1.54, 1.807) is 13.2 Å². The van der Waals surface area contributed by atoms with Crippen LogP contribution in [0.5, 0.6) is 0 Å². The van der Waals surface area contributed by atoms with E-state index in [1.807, 2.05) is 0 Å². The van der Waals surface area contributed by atoms with Crippen molar-refractivity contribution in [2.45, 2.75) is 45.1 Å². The number of hydrogen-bond donors (Lipinski definition) is 1. The number of nitrogens with zero attached hydrogens (tertiary/aromatic N) is 2. The Morgan fingerprint density at radius 2 is 2.17 bits per heavy atom. The van der Waals surface area contributed by atoms with Gasteiger partial charge < -0.3 is 5.32 Å². The van der Waals surface area contributed by atoms with Crippen LogP contribution in [-0.2, 0) is 13.5 Å². The zero-order valence-electron chi connectivity index (χ0n) is 13.8. The van der Waals surface area contributed by atoms with Gasteiger partial charge >= 0.3 is 0 Å². The number of rotatable bonds is 3. The monoisotopic (exact) mass is 331 g/mol. The van der Waals surface area contributed by atoms with Crippen molar-refractivity contribution in [2.24, 2.45) is 7.05 Å². The number of anilines is 1. The molecule has 0 saturated carbocycles. The first-order valence-electron chi connectivity index (χ1n) is 8.08.